The number of carbonyl (C=O) groups is 1. The number of amides is 1. The normalized spacial score (nSPS) is 37.4. The molecule has 4 rings (SSSR count). The lowest BCUT2D eigenvalue weighted by Gasteiger charge is -2.59. The summed E-state index contributed by atoms with van der Waals surface area (Å²) < 4.78 is 0. The molecule has 224 valence electrons. The highest BCUT2D eigenvalue weighted by Crippen LogP contribution is 2.67. The van der Waals surface area contributed by atoms with Gasteiger partial charge in [0.15, 0.2) is 0 Å². The average molecular weight is 542 g/mol. The van der Waals surface area contributed by atoms with Crippen molar-refractivity contribution in [2.45, 2.75) is 144 Å². The molecule has 3 fully saturated rings. The Balaban J connectivity index is 1.42. The molecule has 2 N–H and O–H groups in total. The molecule has 3 saturated carbocycles. The molecule has 0 bridgehead atoms. The van der Waals surface area contributed by atoms with Crippen LogP contribution in [0.2, 0.25) is 0 Å². The predicted molar refractivity (Wildman–Crippen MR) is 165 cm³/mol. The molecule has 0 saturated heterocycles. The van der Waals surface area contributed by atoms with E-state index < -0.39 is 6.09 Å². The van der Waals surface area contributed by atoms with Gasteiger partial charge in [-0.1, -0.05) is 98.1 Å². The Hall–Kier alpha value is -0.990. The number of carboxylic acid groups (broad SMARTS) is 1. The van der Waals surface area contributed by atoms with E-state index in [0.29, 0.717) is 23.3 Å². The molecule has 1 amide bonds. The molecule has 0 aliphatic heterocycles. The predicted octanol–water partition coefficient (Wildman–Crippen LogP) is 10.5. The van der Waals surface area contributed by atoms with Crippen molar-refractivity contribution in [3.05, 3.63) is 11.6 Å². The van der Waals surface area contributed by atoms with E-state index in [2.05, 4.69) is 52.9 Å². The summed E-state index contributed by atoms with van der Waals surface area (Å²) >= 11 is 0. The third-order valence-electron chi connectivity index (χ3n) is 13.0. The first kappa shape index (κ1) is 31.0. The van der Waals surface area contributed by atoms with E-state index in [0.717, 1.165) is 47.8 Å². The standard InChI is InChI=1S/C36H63NO2/c1-7-8-9-13-27(20-23-37-34(38)39)28-18-21-35(5)29(24-28)14-15-30-32-17-16-31(26(4)12-10-11-25(2)3)36(32,6)22-19-33(30)35/h14,25-28,30-33,37H,7-13,15-24H2,1-6H3,(H,38,39)/t26-,27?,28?,30?,31-,32?,33?,35+,36-/m1/s1. The van der Waals surface area contributed by atoms with Crippen molar-refractivity contribution in [1.29, 1.82) is 0 Å². The van der Waals surface area contributed by atoms with E-state index in [1.807, 2.05) is 0 Å². The lowest BCUT2D eigenvalue weighted by molar-refractivity contribution is -0.0545. The zero-order valence-electron chi connectivity index (χ0n) is 26.6. The Kier molecular flexibility index (Phi) is 10.6. The lowest BCUT2D eigenvalue weighted by Crippen LogP contribution is -2.50. The average Bonchev–Trinajstić information content (AvgIpc) is 3.24. The van der Waals surface area contributed by atoms with Crippen molar-refractivity contribution in [2.75, 3.05) is 6.54 Å². The molecule has 4 aliphatic rings. The number of unbranched alkanes of at least 4 members (excludes halogenated alkanes) is 2. The van der Waals surface area contributed by atoms with Crippen LogP contribution in [-0.2, 0) is 0 Å². The van der Waals surface area contributed by atoms with Crippen LogP contribution in [0, 0.1) is 58.2 Å². The van der Waals surface area contributed by atoms with Crippen molar-refractivity contribution in [2.24, 2.45) is 58.2 Å². The van der Waals surface area contributed by atoms with Gasteiger partial charge in [0.1, 0.15) is 0 Å². The Morgan fingerprint density at radius 2 is 1.77 bits per heavy atom. The Morgan fingerprint density at radius 3 is 2.49 bits per heavy atom. The molecule has 3 nitrogen and oxygen atoms in total. The molecular weight excluding hydrogens is 478 g/mol. The number of rotatable bonds is 13. The van der Waals surface area contributed by atoms with Crippen molar-refractivity contribution < 1.29 is 9.90 Å². The molecule has 0 heterocycles. The lowest BCUT2D eigenvalue weighted by atomic mass is 9.46. The summed E-state index contributed by atoms with van der Waals surface area (Å²) in [6.45, 7) is 15.6. The molecule has 0 aromatic carbocycles. The maximum atomic E-state index is 11.1. The van der Waals surface area contributed by atoms with Crippen LogP contribution in [0.1, 0.15) is 144 Å². The minimum absolute atomic E-state index is 0.412. The van der Waals surface area contributed by atoms with Gasteiger partial charge in [0.05, 0.1) is 0 Å². The van der Waals surface area contributed by atoms with E-state index in [-0.39, 0.29) is 0 Å². The van der Waals surface area contributed by atoms with Crippen molar-refractivity contribution >= 4 is 6.09 Å². The van der Waals surface area contributed by atoms with Gasteiger partial charge in [0.2, 0.25) is 0 Å². The van der Waals surface area contributed by atoms with Crippen molar-refractivity contribution in [1.82, 2.24) is 5.32 Å². The summed E-state index contributed by atoms with van der Waals surface area (Å²) in [6, 6.07) is 0. The van der Waals surface area contributed by atoms with Crippen LogP contribution in [0.5, 0.6) is 0 Å². The van der Waals surface area contributed by atoms with Crippen LogP contribution in [0.4, 0.5) is 4.79 Å². The van der Waals surface area contributed by atoms with Gasteiger partial charge in [-0.25, -0.2) is 4.79 Å². The molecule has 39 heavy (non-hydrogen) atoms. The van der Waals surface area contributed by atoms with Gasteiger partial charge in [-0.3, -0.25) is 0 Å². The van der Waals surface area contributed by atoms with Gasteiger partial charge >= 0.3 is 6.09 Å². The third kappa shape index (κ3) is 6.74. The molecule has 5 unspecified atom stereocenters. The largest absolute Gasteiger partial charge is 0.465 e. The Morgan fingerprint density at radius 1 is 0.974 bits per heavy atom. The van der Waals surface area contributed by atoms with E-state index >= 15 is 0 Å². The first-order chi connectivity index (χ1) is 18.6. The fraction of sp³-hybridized carbons (Fsp3) is 0.917. The van der Waals surface area contributed by atoms with Crippen LogP contribution >= 0.6 is 0 Å². The van der Waals surface area contributed by atoms with E-state index in [1.54, 1.807) is 5.57 Å². The molecule has 0 radical (unpaired) electrons. The number of fused-ring (bicyclic) bond motifs is 5. The summed E-state index contributed by atoms with van der Waals surface area (Å²) in [6.07, 6.45) is 23.4. The molecular formula is C36H63NO2. The Bertz CT molecular complexity index is 834. The maximum absolute atomic E-state index is 11.1. The number of hydrogen-bond acceptors (Lipinski definition) is 1. The number of allylic oxidation sites excluding steroid dienone is 2. The summed E-state index contributed by atoms with van der Waals surface area (Å²) in [5.74, 6) is 6.79. The Labute approximate surface area is 241 Å². The summed E-state index contributed by atoms with van der Waals surface area (Å²) in [4.78, 5) is 11.1. The summed E-state index contributed by atoms with van der Waals surface area (Å²) in [5, 5.41) is 11.8. The summed E-state index contributed by atoms with van der Waals surface area (Å²) in [5.41, 5.74) is 2.78. The smallest absolute Gasteiger partial charge is 0.404 e. The first-order valence-corrected chi connectivity index (χ1v) is 17.3. The highest BCUT2D eigenvalue weighted by atomic mass is 16.4. The SMILES string of the molecule is CCCCCC(CCNC(=O)O)C1CC[C@@]2(C)C(=CCC3C2CC[C@@]2(C)C3CC[C@@H]2[C@H](C)CCCC(C)C)C1. The van der Waals surface area contributed by atoms with Crippen LogP contribution in [-0.4, -0.2) is 17.7 Å². The highest BCUT2D eigenvalue weighted by molar-refractivity contribution is 5.64. The molecule has 0 spiro atoms. The minimum atomic E-state index is -0.872. The fourth-order valence-corrected chi connectivity index (χ4v) is 10.8. The van der Waals surface area contributed by atoms with Gasteiger partial charge in [-0.05, 0) is 116 Å². The van der Waals surface area contributed by atoms with Gasteiger partial charge < -0.3 is 10.4 Å². The molecule has 4 aliphatic carbocycles. The van der Waals surface area contributed by atoms with Crippen molar-refractivity contribution in [3.8, 4) is 0 Å². The van der Waals surface area contributed by atoms with E-state index in [4.69, 9.17) is 5.11 Å². The summed E-state index contributed by atoms with van der Waals surface area (Å²) in [7, 11) is 0. The second kappa shape index (κ2) is 13.3. The quantitative estimate of drug-likeness (QED) is 0.180. The van der Waals surface area contributed by atoms with Gasteiger partial charge in [-0.15, -0.1) is 0 Å². The molecule has 0 aromatic rings. The van der Waals surface area contributed by atoms with Crippen LogP contribution in [0.3, 0.4) is 0 Å². The van der Waals surface area contributed by atoms with Crippen LogP contribution < -0.4 is 5.32 Å². The minimum Gasteiger partial charge on any atom is -0.465 e. The van der Waals surface area contributed by atoms with E-state index in [9.17, 15) is 4.79 Å². The third-order valence-corrected chi connectivity index (χ3v) is 13.0. The zero-order valence-corrected chi connectivity index (χ0v) is 26.6. The fourth-order valence-electron chi connectivity index (χ4n) is 10.8. The highest BCUT2D eigenvalue weighted by Gasteiger charge is 2.59. The topological polar surface area (TPSA) is 49.3 Å². The van der Waals surface area contributed by atoms with E-state index in [1.165, 1.54) is 96.3 Å². The van der Waals surface area contributed by atoms with Crippen LogP contribution in [0.25, 0.3) is 0 Å². The van der Waals surface area contributed by atoms with Gasteiger partial charge in [-0.2, -0.15) is 0 Å². The van der Waals surface area contributed by atoms with Crippen molar-refractivity contribution in [3.63, 3.8) is 0 Å². The van der Waals surface area contributed by atoms with Crippen LogP contribution in [0.15, 0.2) is 11.6 Å². The monoisotopic (exact) mass is 541 g/mol. The van der Waals surface area contributed by atoms with Gasteiger partial charge in [0, 0.05) is 6.54 Å². The molecule has 0 aromatic heterocycles. The number of hydrogen-bond donors (Lipinski definition) is 2. The zero-order chi connectivity index (χ0) is 28.2. The van der Waals surface area contributed by atoms with Gasteiger partial charge in [0.25, 0.3) is 0 Å². The number of nitrogens with one attached hydrogen (secondary N) is 1. The second-order valence-electron chi connectivity index (χ2n) is 15.6. The maximum Gasteiger partial charge on any atom is 0.404 e. The molecule has 9 atom stereocenters. The molecule has 3 heteroatoms. The second-order valence-corrected chi connectivity index (χ2v) is 15.6. The first-order valence-electron chi connectivity index (χ1n) is 17.3.